The van der Waals surface area contributed by atoms with Crippen molar-refractivity contribution >= 4 is 17.9 Å². The minimum absolute atomic E-state index is 0.182. The standard InChI is InChI=1S/C90H157NO8/c1-6-8-10-12-14-16-18-20-22-24-26-28-30-32-34-36-38-40-41-42-43-44-45-46-47-49-51-53-55-57-59-61-63-65-67-69-71-73-75-77-79-81-88(93)99-86(85-98-90(89(94)95)96-83-82-91(3,4)5)84-97-87(92)80-78-76-74-72-70-68-66-64-62-60-58-56-54-52-50-48-39-37-35-33-31-29-27-25-23-21-19-17-15-13-11-9-7-2/h8,10,14,16,19-22,25-28,32,34,38,40,42-43,45-46,86,90H,6-7,9,11-13,15,17-18,23-24,29-31,33,35-37,39,41,44,47-85H2,1-5H3/p+1/b10-8-,16-14-,21-19-,22-20-,27-25-,28-26-,34-32-,40-38-,43-42-,46-45-. The molecule has 0 bridgehead atoms. The van der Waals surface area contributed by atoms with Crippen LogP contribution in [-0.2, 0) is 33.3 Å². The third kappa shape index (κ3) is 80.9. The smallest absolute Gasteiger partial charge is 0.361 e. The molecule has 0 fully saturated rings. The fourth-order valence-electron chi connectivity index (χ4n) is 11.9. The second-order valence-electron chi connectivity index (χ2n) is 29.1. The Hall–Kier alpha value is -4.31. The number of allylic oxidation sites excluding steroid dienone is 20. The lowest BCUT2D eigenvalue weighted by molar-refractivity contribution is -0.870. The zero-order valence-corrected chi connectivity index (χ0v) is 65.4. The number of carboxylic acids is 1. The number of aliphatic carboxylic acids is 1. The van der Waals surface area contributed by atoms with E-state index in [2.05, 4.69) is 135 Å². The maximum Gasteiger partial charge on any atom is 0.361 e. The Morgan fingerprint density at radius 1 is 0.313 bits per heavy atom. The predicted molar refractivity (Wildman–Crippen MR) is 428 cm³/mol. The van der Waals surface area contributed by atoms with Gasteiger partial charge in [-0.25, -0.2) is 4.79 Å². The second-order valence-corrected chi connectivity index (χ2v) is 29.1. The van der Waals surface area contributed by atoms with Gasteiger partial charge in [0.1, 0.15) is 13.2 Å². The lowest BCUT2D eigenvalue weighted by Crippen LogP contribution is -2.40. The maximum atomic E-state index is 13.0. The number of likely N-dealkylation sites (N-methyl/N-ethyl adjacent to an activating group) is 1. The number of quaternary nitrogens is 1. The first-order valence-electron chi connectivity index (χ1n) is 41.7. The number of carbonyl (C=O) groups excluding carboxylic acids is 2. The van der Waals surface area contributed by atoms with E-state index in [9.17, 15) is 19.5 Å². The van der Waals surface area contributed by atoms with Crippen LogP contribution in [0.5, 0.6) is 0 Å². The summed E-state index contributed by atoms with van der Waals surface area (Å²) in [4.78, 5) is 37.8. The summed E-state index contributed by atoms with van der Waals surface area (Å²) < 4.78 is 23.1. The molecule has 0 spiro atoms. The summed E-state index contributed by atoms with van der Waals surface area (Å²) in [5.74, 6) is -1.99. The predicted octanol–water partition coefficient (Wildman–Crippen LogP) is 27.0. The van der Waals surface area contributed by atoms with E-state index < -0.39 is 24.3 Å². The van der Waals surface area contributed by atoms with E-state index in [1.165, 1.54) is 250 Å². The number of unbranched alkanes of at least 4 members (excludes halogenated alkanes) is 42. The quantitative estimate of drug-likeness (QED) is 0.0211. The number of carboxylic acid groups (broad SMARTS) is 1. The van der Waals surface area contributed by atoms with Crippen molar-refractivity contribution in [1.82, 2.24) is 0 Å². The Kier molecular flexibility index (Phi) is 75.9. The van der Waals surface area contributed by atoms with Crippen LogP contribution in [0.2, 0.25) is 0 Å². The van der Waals surface area contributed by atoms with Crippen molar-refractivity contribution in [3.63, 3.8) is 0 Å². The van der Waals surface area contributed by atoms with Gasteiger partial charge >= 0.3 is 17.9 Å². The fraction of sp³-hybridized carbons (Fsp3) is 0.744. The van der Waals surface area contributed by atoms with Crippen molar-refractivity contribution in [3.05, 3.63) is 122 Å². The van der Waals surface area contributed by atoms with Crippen molar-refractivity contribution in [2.24, 2.45) is 0 Å². The molecule has 99 heavy (non-hydrogen) atoms. The normalized spacial score (nSPS) is 13.3. The van der Waals surface area contributed by atoms with E-state index in [4.69, 9.17) is 18.9 Å². The van der Waals surface area contributed by atoms with E-state index >= 15 is 0 Å². The highest BCUT2D eigenvalue weighted by Crippen LogP contribution is 2.19. The van der Waals surface area contributed by atoms with Crippen LogP contribution in [0.4, 0.5) is 0 Å². The number of esters is 2. The molecule has 0 rings (SSSR count). The summed E-state index contributed by atoms with van der Waals surface area (Å²) in [5.41, 5.74) is 0. The minimum atomic E-state index is -1.51. The molecule has 1 N–H and O–H groups in total. The summed E-state index contributed by atoms with van der Waals surface area (Å²) in [6, 6.07) is 0. The summed E-state index contributed by atoms with van der Waals surface area (Å²) in [6.07, 6.45) is 111. The molecular weight excluding hydrogens is 1220 g/mol. The molecule has 9 nitrogen and oxygen atoms in total. The molecule has 0 aromatic carbocycles. The zero-order valence-electron chi connectivity index (χ0n) is 65.4. The Balaban J connectivity index is 4.01. The van der Waals surface area contributed by atoms with Crippen LogP contribution in [0, 0.1) is 0 Å². The Morgan fingerprint density at radius 3 is 0.859 bits per heavy atom. The van der Waals surface area contributed by atoms with Gasteiger partial charge in [-0.1, -0.05) is 373 Å². The van der Waals surface area contributed by atoms with Crippen LogP contribution >= 0.6 is 0 Å². The summed E-state index contributed by atoms with van der Waals surface area (Å²) >= 11 is 0. The van der Waals surface area contributed by atoms with Crippen molar-refractivity contribution in [2.45, 2.75) is 386 Å². The molecule has 0 aliphatic heterocycles. The highest BCUT2D eigenvalue weighted by molar-refractivity contribution is 5.71. The Morgan fingerprint density at radius 2 is 0.576 bits per heavy atom. The van der Waals surface area contributed by atoms with E-state index in [-0.39, 0.29) is 32.2 Å². The molecule has 0 saturated carbocycles. The molecular formula is C90H158NO8+. The first-order valence-corrected chi connectivity index (χ1v) is 41.7. The van der Waals surface area contributed by atoms with Crippen LogP contribution < -0.4 is 0 Å². The number of rotatable bonds is 77. The van der Waals surface area contributed by atoms with Gasteiger partial charge in [-0.15, -0.1) is 0 Å². The van der Waals surface area contributed by atoms with Crippen molar-refractivity contribution in [3.8, 4) is 0 Å². The average Bonchev–Trinajstić information content (AvgIpc) is 2.62. The summed E-state index contributed by atoms with van der Waals surface area (Å²) in [7, 11) is 5.99. The van der Waals surface area contributed by atoms with Crippen LogP contribution in [0.1, 0.15) is 373 Å². The van der Waals surface area contributed by atoms with Gasteiger partial charge in [-0.2, -0.15) is 0 Å². The average molecular weight is 1380 g/mol. The summed E-state index contributed by atoms with van der Waals surface area (Å²) in [5, 5.41) is 9.78. The van der Waals surface area contributed by atoms with Crippen LogP contribution in [-0.4, -0.2) is 87.4 Å². The third-order valence-corrected chi connectivity index (χ3v) is 18.2. The molecule has 570 valence electrons. The molecule has 0 aromatic rings. The van der Waals surface area contributed by atoms with Crippen LogP contribution in [0.25, 0.3) is 0 Å². The molecule has 0 aromatic heterocycles. The third-order valence-electron chi connectivity index (χ3n) is 18.2. The number of hydrogen-bond acceptors (Lipinski definition) is 7. The van der Waals surface area contributed by atoms with E-state index in [1.54, 1.807) is 0 Å². The van der Waals surface area contributed by atoms with Gasteiger partial charge in [0.05, 0.1) is 34.4 Å². The van der Waals surface area contributed by atoms with Gasteiger partial charge in [0.15, 0.2) is 6.10 Å². The fourth-order valence-corrected chi connectivity index (χ4v) is 11.9. The van der Waals surface area contributed by atoms with Crippen molar-refractivity contribution in [2.75, 3.05) is 47.5 Å². The number of hydrogen-bond donors (Lipinski definition) is 1. The lowest BCUT2D eigenvalue weighted by Gasteiger charge is -2.25. The molecule has 0 radical (unpaired) electrons. The van der Waals surface area contributed by atoms with Gasteiger partial charge in [-0.3, -0.25) is 9.59 Å². The van der Waals surface area contributed by atoms with Crippen LogP contribution in [0.15, 0.2) is 122 Å². The number of ether oxygens (including phenoxy) is 4. The molecule has 9 heteroatoms. The SMILES string of the molecule is CC/C=C\C/C=C\C/C=C\C/C=C\C/C=C\C/C=C\C/C=C\C/C=C\CCCCCCCCCCCCCCCCCCC(=O)OC(COC(=O)CCCCCCCCCCCCCCCCCCCCCCC/C=C\C/C=C\CCCCCCC)COC(OCC[N+](C)(C)C)C(=O)O. The van der Waals surface area contributed by atoms with Crippen molar-refractivity contribution < 1.29 is 42.9 Å². The molecule has 0 saturated heterocycles. The first kappa shape index (κ1) is 94.7. The monoisotopic (exact) mass is 1380 g/mol. The Labute approximate surface area is 612 Å². The molecule has 0 heterocycles. The molecule has 0 amide bonds. The van der Waals surface area contributed by atoms with E-state index in [0.717, 1.165) is 96.3 Å². The van der Waals surface area contributed by atoms with Crippen molar-refractivity contribution in [1.29, 1.82) is 0 Å². The summed E-state index contributed by atoms with van der Waals surface area (Å²) in [6.45, 7) is 4.80. The highest BCUT2D eigenvalue weighted by atomic mass is 16.7. The Bertz CT molecular complexity index is 2050. The number of carbonyl (C=O) groups is 3. The van der Waals surface area contributed by atoms with E-state index in [1.807, 2.05) is 21.1 Å². The van der Waals surface area contributed by atoms with Gasteiger partial charge in [-0.05, 0) is 109 Å². The minimum Gasteiger partial charge on any atom is -0.477 e. The zero-order chi connectivity index (χ0) is 71.8. The largest absolute Gasteiger partial charge is 0.477 e. The highest BCUT2D eigenvalue weighted by Gasteiger charge is 2.25. The molecule has 0 aliphatic rings. The molecule has 2 unspecified atom stereocenters. The maximum absolute atomic E-state index is 13.0. The van der Waals surface area contributed by atoms with E-state index in [0.29, 0.717) is 17.4 Å². The van der Waals surface area contributed by atoms with Crippen LogP contribution in [0.3, 0.4) is 0 Å². The van der Waals surface area contributed by atoms with Gasteiger partial charge < -0.3 is 28.5 Å². The lowest BCUT2D eigenvalue weighted by atomic mass is 10.0. The topological polar surface area (TPSA) is 108 Å². The van der Waals surface area contributed by atoms with Gasteiger partial charge in [0.2, 0.25) is 0 Å². The number of nitrogens with zero attached hydrogens (tertiary/aromatic N) is 1. The van der Waals surface area contributed by atoms with Gasteiger partial charge in [0, 0.05) is 12.8 Å². The first-order chi connectivity index (χ1) is 48.6. The molecule has 0 aliphatic carbocycles. The molecule has 2 atom stereocenters. The second kappa shape index (κ2) is 79.4. The van der Waals surface area contributed by atoms with Gasteiger partial charge in [0.25, 0.3) is 6.29 Å².